The van der Waals surface area contributed by atoms with Gasteiger partial charge in [0.2, 0.25) is 5.91 Å². The SMILES string of the molecule is CCNC(=NCc1ccccc1OCC)NCCN1CCN(C(C)=O)CC1.I. The molecule has 158 valence electrons. The van der Waals surface area contributed by atoms with Crippen LogP contribution in [0.15, 0.2) is 29.3 Å². The molecule has 0 aliphatic carbocycles. The summed E-state index contributed by atoms with van der Waals surface area (Å²) in [6.07, 6.45) is 0. The van der Waals surface area contributed by atoms with Crippen molar-refractivity contribution in [3.05, 3.63) is 29.8 Å². The minimum atomic E-state index is 0. The summed E-state index contributed by atoms with van der Waals surface area (Å²) in [5.41, 5.74) is 1.08. The monoisotopic (exact) mass is 503 g/mol. The molecule has 1 heterocycles. The van der Waals surface area contributed by atoms with E-state index < -0.39 is 0 Å². The van der Waals surface area contributed by atoms with Crippen LogP contribution in [-0.2, 0) is 11.3 Å². The van der Waals surface area contributed by atoms with Gasteiger partial charge in [-0.2, -0.15) is 0 Å². The van der Waals surface area contributed by atoms with Crippen molar-refractivity contribution in [2.45, 2.75) is 27.3 Å². The maximum absolute atomic E-state index is 11.4. The zero-order valence-electron chi connectivity index (χ0n) is 17.2. The normalized spacial score (nSPS) is 15.0. The number of piperazine rings is 1. The molecule has 0 bridgehead atoms. The number of rotatable bonds is 8. The van der Waals surface area contributed by atoms with Crippen molar-refractivity contribution < 1.29 is 9.53 Å². The van der Waals surface area contributed by atoms with Crippen molar-refractivity contribution in [2.75, 3.05) is 52.4 Å². The highest BCUT2D eigenvalue weighted by Crippen LogP contribution is 2.18. The Morgan fingerprint density at radius 2 is 1.86 bits per heavy atom. The molecule has 0 aromatic heterocycles. The summed E-state index contributed by atoms with van der Waals surface area (Å²) in [6.45, 7) is 13.0. The Hall–Kier alpha value is -1.55. The third-order valence-corrected chi connectivity index (χ3v) is 4.56. The maximum atomic E-state index is 11.4. The van der Waals surface area contributed by atoms with Gasteiger partial charge in [0.1, 0.15) is 5.75 Å². The number of carbonyl (C=O) groups is 1. The zero-order valence-corrected chi connectivity index (χ0v) is 19.6. The highest BCUT2D eigenvalue weighted by Gasteiger charge is 2.17. The van der Waals surface area contributed by atoms with Crippen LogP contribution in [0, 0.1) is 0 Å². The first-order valence-corrected chi connectivity index (χ1v) is 9.84. The Morgan fingerprint density at radius 3 is 2.50 bits per heavy atom. The molecule has 28 heavy (non-hydrogen) atoms. The number of hydrogen-bond acceptors (Lipinski definition) is 4. The summed E-state index contributed by atoms with van der Waals surface area (Å²) in [5.74, 6) is 1.87. The van der Waals surface area contributed by atoms with E-state index in [0.717, 1.165) is 63.1 Å². The number of nitrogens with one attached hydrogen (secondary N) is 2. The first-order valence-electron chi connectivity index (χ1n) is 9.84. The lowest BCUT2D eigenvalue weighted by Crippen LogP contribution is -2.50. The predicted octanol–water partition coefficient (Wildman–Crippen LogP) is 1.92. The van der Waals surface area contributed by atoms with Crippen LogP contribution in [0.25, 0.3) is 0 Å². The average Bonchev–Trinajstić information content (AvgIpc) is 2.67. The Bertz CT molecular complexity index is 618. The van der Waals surface area contributed by atoms with Crippen molar-refractivity contribution in [3.8, 4) is 5.75 Å². The van der Waals surface area contributed by atoms with Crippen molar-refractivity contribution >= 4 is 35.8 Å². The van der Waals surface area contributed by atoms with E-state index in [9.17, 15) is 4.79 Å². The van der Waals surface area contributed by atoms with Crippen LogP contribution in [0.1, 0.15) is 26.3 Å². The average molecular weight is 503 g/mol. The van der Waals surface area contributed by atoms with Crippen LogP contribution < -0.4 is 15.4 Å². The predicted molar refractivity (Wildman–Crippen MR) is 125 cm³/mol. The molecule has 1 aliphatic heterocycles. The quantitative estimate of drug-likeness (QED) is 0.323. The summed E-state index contributed by atoms with van der Waals surface area (Å²) in [6, 6.07) is 8.02. The molecule has 8 heteroatoms. The van der Waals surface area contributed by atoms with E-state index in [2.05, 4.69) is 27.4 Å². The minimum absolute atomic E-state index is 0. The Morgan fingerprint density at radius 1 is 1.14 bits per heavy atom. The largest absolute Gasteiger partial charge is 0.494 e. The van der Waals surface area contributed by atoms with E-state index >= 15 is 0 Å². The number of benzene rings is 1. The van der Waals surface area contributed by atoms with Crippen LogP contribution in [-0.4, -0.2) is 74.1 Å². The lowest BCUT2D eigenvalue weighted by molar-refractivity contribution is -0.130. The van der Waals surface area contributed by atoms with E-state index in [-0.39, 0.29) is 29.9 Å². The zero-order chi connectivity index (χ0) is 19.5. The van der Waals surface area contributed by atoms with Crippen LogP contribution in [0.2, 0.25) is 0 Å². The molecule has 1 aliphatic rings. The number of aliphatic imine (C=N–C) groups is 1. The van der Waals surface area contributed by atoms with E-state index in [1.54, 1.807) is 6.92 Å². The highest BCUT2D eigenvalue weighted by atomic mass is 127. The minimum Gasteiger partial charge on any atom is -0.494 e. The fourth-order valence-electron chi connectivity index (χ4n) is 3.06. The maximum Gasteiger partial charge on any atom is 0.219 e. The number of nitrogens with zero attached hydrogens (tertiary/aromatic N) is 3. The van der Waals surface area contributed by atoms with Gasteiger partial charge < -0.3 is 20.3 Å². The third kappa shape index (κ3) is 8.22. The molecule has 0 radical (unpaired) electrons. The van der Waals surface area contributed by atoms with Gasteiger partial charge in [0.15, 0.2) is 5.96 Å². The number of para-hydroxylation sites is 1. The molecule has 0 saturated carbocycles. The van der Waals surface area contributed by atoms with Gasteiger partial charge in [0, 0.05) is 58.3 Å². The van der Waals surface area contributed by atoms with E-state index in [1.165, 1.54) is 0 Å². The number of guanidine groups is 1. The number of hydrogen-bond donors (Lipinski definition) is 2. The van der Waals surface area contributed by atoms with Gasteiger partial charge in [-0.15, -0.1) is 24.0 Å². The first kappa shape index (κ1) is 24.5. The van der Waals surface area contributed by atoms with Gasteiger partial charge >= 0.3 is 0 Å². The second-order valence-corrected chi connectivity index (χ2v) is 6.51. The van der Waals surface area contributed by atoms with Crippen molar-refractivity contribution in [1.82, 2.24) is 20.4 Å². The lowest BCUT2D eigenvalue weighted by Gasteiger charge is -2.34. The van der Waals surface area contributed by atoms with Crippen LogP contribution >= 0.6 is 24.0 Å². The molecule has 0 unspecified atom stereocenters. The molecule has 7 nitrogen and oxygen atoms in total. The van der Waals surface area contributed by atoms with E-state index in [0.29, 0.717) is 13.2 Å². The summed E-state index contributed by atoms with van der Waals surface area (Å²) < 4.78 is 5.67. The molecular weight excluding hydrogens is 469 g/mol. The standard InChI is InChI=1S/C20H33N5O2.HI/c1-4-21-20(23-16-18-8-6-7-9-19(18)27-5-2)22-10-11-24-12-14-25(15-13-24)17(3)26;/h6-9H,4-5,10-16H2,1-3H3,(H2,21,22,23);1H. The molecule has 0 spiro atoms. The number of amides is 1. The number of carbonyl (C=O) groups excluding carboxylic acids is 1. The summed E-state index contributed by atoms with van der Waals surface area (Å²) in [7, 11) is 0. The van der Waals surface area contributed by atoms with Gasteiger partial charge in [0.25, 0.3) is 0 Å². The van der Waals surface area contributed by atoms with Gasteiger partial charge in [-0.25, -0.2) is 4.99 Å². The van der Waals surface area contributed by atoms with Crippen molar-refractivity contribution in [2.24, 2.45) is 4.99 Å². The molecule has 0 atom stereocenters. The fourth-order valence-corrected chi connectivity index (χ4v) is 3.06. The smallest absolute Gasteiger partial charge is 0.219 e. The van der Waals surface area contributed by atoms with E-state index in [4.69, 9.17) is 4.74 Å². The van der Waals surface area contributed by atoms with Gasteiger partial charge in [-0.1, -0.05) is 18.2 Å². The second kappa shape index (κ2) is 13.6. The number of halogens is 1. The molecule has 1 fully saturated rings. The van der Waals surface area contributed by atoms with Gasteiger partial charge in [0.05, 0.1) is 13.2 Å². The molecule has 2 rings (SSSR count). The fraction of sp³-hybridized carbons (Fsp3) is 0.600. The summed E-state index contributed by atoms with van der Waals surface area (Å²) >= 11 is 0. The van der Waals surface area contributed by atoms with Gasteiger partial charge in [-0.3, -0.25) is 9.69 Å². The molecule has 1 aromatic rings. The van der Waals surface area contributed by atoms with Gasteiger partial charge in [-0.05, 0) is 19.9 Å². The van der Waals surface area contributed by atoms with Crippen LogP contribution in [0.4, 0.5) is 0 Å². The highest BCUT2D eigenvalue weighted by molar-refractivity contribution is 14.0. The van der Waals surface area contributed by atoms with Crippen LogP contribution in [0.5, 0.6) is 5.75 Å². The van der Waals surface area contributed by atoms with Crippen molar-refractivity contribution in [3.63, 3.8) is 0 Å². The summed E-state index contributed by atoms with van der Waals surface area (Å²) in [5, 5.41) is 6.69. The van der Waals surface area contributed by atoms with Crippen LogP contribution in [0.3, 0.4) is 0 Å². The van der Waals surface area contributed by atoms with Crippen molar-refractivity contribution in [1.29, 1.82) is 0 Å². The Balaban J connectivity index is 0.00000392. The summed E-state index contributed by atoms with van der Waals surface area (Å²) in [4.78, 5) is 20.4. The third-order valence-electron chi connectivity index (χ3n) is 4.56. The Labute approximate surface area is 185 Å². The molecule has 1 saturated heterocycles. The number of ether oxygens (including phenoxy) is 1. The molecule has 1 amide bonds. The molecular formula is C20H34IN5O2. The first-order chi connectivity index (χ1) is 13.1. The Kier molecular flexibility index (Phi) is 11.9. The molecule has 1 aromatic carbocycles. The topological polar surface area (TPSA) is 69.2 Å². The lowest BCUT2D eigenvalue weighted by atomic mass is 10.2. The van der Waals surface area contributed by atoms with E-state index in [1.807, 2.05) is 36.1 Å². The molecule has 2 N–H and O–H groups in total. The second-order valence-electron chi connectivity index (χ2n) is 6.51.